The van der Waals surface area contributed by atoms with Gasteiger partial charge in [0.15, 0.2) is 0 Å². The molecule has 0 unspecified atom stereocenters. The van der Waals surface area contributed by atoms with Crippen molar-refractivity contribution >= 4 is 21.6 Å². The second kappa shape index (κ2) is 9.55. The zero-order chi connectivity index (χ0) is 24.5. The van der Waals surface area contributed by atoms with Crippen LogP contribution in [0.4, 0.5) is 5.69 Å². The Morgan fingerprint density at radius 1 is 1.18 bits per heavy atom. The highest BCUT2D eigenvalue weighted by molar-refractivity contribution is 7.89. The van der Waals surface area contributed by atoms with Crippen LogP contribution in [0.5, 0.6) is 5.75 Å². The Morgan fingerprint density at radius 2 is 1.97 bits per heavy atom. The molecule has 180 valence electrons. The number of hydrogen-bond acceptors (Lipinski definition) is 7. The number of hydrogen-bond donors (Lipinski definition) is 1. The van der Waals surface area contributed by atoms with Crippen molar-refractivity contribution in [3.05, 3.63) is 53.4 Å². The Kier molecular flexibility index (Phi) is 6.72. The predicted octanol–water partition coefficient (Wildman–Crippen LogP) is 3.71. The Bertz CT molecular complexity index is 1320. The third-order valence-electron chi connectivity index (χ3n) is 5.96. The minimum absolute atomic E-state index is 0.104. The summed E-state index contributed by atoms with van der Waals surface area (Å²) in [5.41, 5.74) is 2.72. The number of nitrogens with one attached hydrogen (secondary N) is 1. The fourth-order valence-corrected chi connectivity index (χ4v) is 5.88. The van der Waals surface area contributed by atoms with E-state index in [1.807, 2.05) is 19.1 Å². The van der Waals surface area contributed by atoms with Crippen LogP contribution in [0.2, 0.25) is 0 Å². The maximum Gasteiger partial charge on any atom is 0.243 e. The van der Waals surface area contributed by atoms with Crippen LogP contribution in [0.3, 0.4) is 0 Å². The van der Waals surface area contributed by atoms with E-state index in [4.69, 9.17) is 9.26 Å². The van der Waals surface area contributed by atoms with Crippen molar-refractivity contribution in [2.45, 2.75) is 38.5 Å². The van der Waals surface area contributed by atoms with Gasteiger partial charge in [0.05, 0.1) is 23.6 Å². The number of amides is 1. The number of aryl methyl sites for hydroxylation is 3. The SMILES string of the molecule is COc1ccc(C)cc1NC(=O)[C@@H]1CCCN(S(=O)(=O)c2cc(-c3noc(C)n3)ccc2C)C1. The summed E-state index contributed by atoms with van der Waals surface area (Å²) >= 11 is 0. The number of ether oxygens (including phenoxy) is 1. The van der Waals surface area contributed by atoms with Crippen molar-refractivity contribution in [2.75, 3.05) is 25.5 Å². The average Bonchev–Trinajstić information content (AvgIpc) is 3.25. The van der Waals surface area contributed by atoms with E-state index < -0.39 is 15.9 Å². The first-order valence-corrected chi connectivity index (χ1v) is 12.5. The van der Waals surface area contributed by atoms with Gasteiger partial charge in [0.25, 0.3) is 0 Å². The molecule has 4 rings (SSSR count). The van der Waals surface area contributed by atoms with E-state index >= 15 is 0 Å². The summed E-state index contributed by atoms with van der Waals surface area (Å²) in [6.45, 7) is 5.80. The molecule has 0 aliphatic carbocycles. The molecule has 2 heterocycles. The van der Waals surface area contributed by atoms with E-state index in [9.17, 15) is 13.2 Å². The number of anilines is 1. The number of rotatable bonds is 6. The lowest BCUT2D eigenvalue weighted by atomic mass is 9.98. The molecule has 0 radical (unpaired) electrons. The molecule has 3 aromatic rings. The van der Waals surface area contributed by atoms with Gasteiger partial charge >= 0.3 is 0 Å². The van der Waals surface area contributed by atoms with Gasteiger partial charge in [0.2, 0.25) is 27.6 Å². The summed E-state index contributed by atoms with van der Waals surface area (Å²) in [4.78, 5) is 17.4. The molecule has 1 saturated heterocycles. The molecule has 1 aliphatic rings. The van der Waals surface area contributed by atoms with E-state index in [0.29, 0.717) is 53.7 Å². The summed E-state index contributed by atoms with van der Waals surface area (Å²) in [7, 11) is -2.29. The van der Waals surface area contributed by atoms with Crippen molar-refractivity contribution in [1.29, 1.82) is 0 Å². The minimum atomic E-state index is -3.83. The smallest absolute Gasteiger partial charge is 0.243 e. The van der Waals surface area contributed by atoms with Gasteiger partial charge < -0.3 is 14.6 Å². The van der Waals surface area contributed by atoms with Gasteiger partial charge in [-0.1, -0.05) is 23.4 Å². The fraction of sp³-hybridized carbons (Fsp3) is 0.375. The number of carbonyl (C=O) groups is 1. The Balaban J connectivity index is 1.56. The van der Waals surface area contributed by atoms with E-state index in [1.54, 1.807) is 45.2 Å². The first-order chi connectivity index (χ1) is 16.2. The Morgan fingerprint density at radius 3 is 2.68 bits per heavy atom. The molecule has 10 heteroatoms. The molecular weight excluding hydrogens is 456 g/mol. The Hall–Kier alpha value is -3.24. The maximum absolute atomic E-state index is 13.6. The molecule has 1 fully saturated rings. The summed E-state index contributed by atoms with van der Waals surface area (Å²) in [5, 5.41) is 6.80. The van der Waals surface area contributed by atoms with Crippen LogP contribution in [0, 0.1) is 26.7 Å². The van der Waals surface area contributed by atoms with Crippen LogP contribution < -0.4 is 10.1 Å². The van der Waals surface area contributed by atoms with Gasteiger partial charge in [0, 0.05) is 25.6 Å². The van der Waals surface area contributed by atoms with Crippen LogP contribution >= 0.6 is 0 Å². The normalized spacial score (nSPS) is 16.9. The highest BCUT2D eigenvalue weighted by Crippen LogP contribution is 2.30. The molecule has 0 bridgehead atoms. The topological polar surface area (TPSA) is 115 Å². The molecule has 1 aliphatic heterocycles. The number of sulfonamides is 1. The lowest BCUT2D eigenvalue weighted by molar-refractivity contribution is -0.120. The van der Waals surface area contributed by atoms with Crippen LogP contribution in [-0.4, -0.2) is 49.0 Å². The highest BCUT2D eigenvalue weighted by atomic mass is 32.2. The van der Waals surface area contributed by atoms with Crippen molar-refractivity contribution in [1.82, 2.24) is 14.4 Å². The minimum Gasteiger partial charge on any atom is -0.495 e. The number of aromatic nitrogens is 2. The molecule has 0 spiro atoms. The summed E-state index contributed by atoms with van der Waals surface area (Å²) in [5.74, 6) is 0.587. The predicted molar refractivity (Wildman–Crippen MR) is 127 cm³/mol. The fourth-order valence-electron chi connectivity index (χ4n) is 4.10. The second-order valence-corrected chi connectivity index (χ2v) is 10.4. The molecule has 34 heavy (non-hydrogen) atoms. The monoisotopic (exact) mass is 484 g/mol. The summed E-state index contributed by atoms with van der Waals surface area (Å²) < 4.78 is 38.9. The van der Waals surface area contributed by atoms with Gasteiger partial charge in [-0.25, -0.2) is 8.42 Å². The molecule has 1 amide bonds. The van der Waals surface area contributed by atoms with Gasteiger partial charge in [-0.3, -0.25) is 4.79 Å². The quantitative estimate of drug-likeness (QED) is 0.567. The molecule has 1 N–H and O–H groups in total. The lowest BCUT2D eigenvalue weighted by Crippen LogP contribution is -2.43. The van der Waals surface area contributed by atoms with Gasteiger partial charge in [-0.05, 0) is 56.0 Å². The Labute approximate surface area is 199 Å². The summed E-state index contributed by atoms with van der Waals surface area (Å²) in [6.07, 6.45) is 1.19. The molecule has 9 nitrogen and oxygen atoms in total. The van der Waals surface area contributed by atoms with Crippen molar-refractivity contribution in [2.24, 2.45) is 5.92 Å². The number of methoxy groups -OCH3 is 1. The highest BCUT2D eigenvalue weighted by Gasteiger charge is 2.34. The van der Waals surface area contributed by atoms with Gasteiger partial charge in [-0.2, -0.15) is 9.29 Å². The van der Waals surface area contributed by atoms with Crippen molar-refractivity contribution in [3.63, 3.8) is 0 Å². The van der Waals surface area contributed by atoms with Crippen LogP contribution in [0.15, 0.2) is 45.8 Å². The van der Waals surface area contributed by atoms with Crippen molar-refractivity contribution < 1.29 is 22.5 Å². The zero-order valence-corrected chi connectivity index (χ0v) is 20.5. The number of carbonyl (C=O) groups excluding carboxylic acids is 1. The summed E-state index contributed by atoms with van der Waals surface area (Å²) in [6, 6.07) is 10.6. The first-order valence-electron chi connectivity index (χ1n) is 11.1. The number of nitrogens with zero attached hydrogens (tertiary/aromatic N) is 3. The van der Waals surface area contributed by atoms with E-state index in [-0.39, 0.29) is 17.3 Å². The molecular formula is C24H28N4O5S. The largest absolute Gasteiger partial charge is 0.495 e. The molecule has 1 aromatic heterocycles. The van der Waals surface area contributed by atoms with E-state index in [0.717, 1.165) is 5.56 Å². The standard InChI is InChI=1S/C24H28N4O5S/c1-15-7-10-21(32-4)20(12-15)26-24(29)19-6-5-11-28(14-19)34(30,31)22-13-18(9-8-16(22)2)23-25-17(3)33-27-23/h7-10,12-13,19H,5-6,11,14H2,1-4H3,(H,26,29)/t19-/m1/s1. The van der Waals surface area contributed by atoms with Gasteiger partial charge in [-0.15, -0.1) is 0 Å². The van der Waals surface area contributed by atoms with Crippen LogP contribution in [-0.2, 0) is 14.8 Å². The number of benzene rings is 2. The van der Waals surface area contributed by atoms with Crippen molar-refractivity contribution in [3.8, 4) is 17.1 Å². The van der Waals surface area contributed by atoms with Crippen LogP contribution in [0.1, 0.15) is 29.9 Å². The molecule has 1 atom stereocenters. The second-order valence-electron chi connectivity index (χ2n) is 8.51. The zero-order valence-electron chi connectivity index (χ0n) is 19.7. The van der Waals surface area contributed by atoms with E-state index in [1.165, 1.54) is 4.31 Å². The van der Waals surface area contributed by atoms with E-state index in [2.05, 4.69) is 15.5 Å². The third-order valence-corrected chi connectivity index (χ3v) is 7.97. The van der Waals surface area contributed by atoms with Gasteiger partial charge in [0.1, 0.15) is 5.75 Å². The first kappa shape index (κ1) is 23.9. The van der Waals surface area contributed by atoms with Crippen LogP contribution in [0.25, 0.3) is 11.4 Å². The molecule has 0 saturated carbocycles. The third kappa shape index (κ3) is 4.83. The number of piperidine rings is 1. The molecule has 2 aromatic carbocycles. The average molecular weight is 485 g/mol. The maximum atomic E-state index is 13.6. The lowest BCUT2D eigenvalue weighted by Gasteiger charge is -2.31.